The van der Waals surface area contributed by atoms with Crippen molar-refractivity contribution >= 4 is 87.4 Å². The molecule has 4 aromatic carbocycles. The van der Waals surface area contributed by atoms with E-state index in [1.54, 1.807) is 30.8 Å². The number of hydrogen-bond donors (Lipinski definition) is 0. The molecule has 6 rings (SSSR count). The average Bonchev–Trinajstić information content (AvgIpc) is 3.61. The maximum absolute atomic E-state index is 12.9. The van der Waals surface area contributed by atoms with E-state index in [1.165, 1.54) is 30.1 Å². The molecule has 19 heteroatoms. The van der Waals surface area contributed by atoms with E-state index < -0.39 is 45.7 Å². The molecule has 11 nitrogen and oxygen atoms in total. The smallest absolute Gasteiger partial charge is 0.466 e. The zero-order valence-corrected chi connectivity index (χ0v) is 47.4. The lowest BCUT2D eigenvalue weighted by Crippen LogP contribution is -2.41. The van der Waals surface area contributed by atoms with Gasteiger partial charge in [0.2, 0.25) is 0 Å². The van der Waals surface area contributed by atoms with Crippen molar-refractivity contribution in [3.8, 4) is 5.75 Å². The summed E-state index contributed by atoms with van der Waals surface area (Å²) >= 11 is 2.68. The minimum absolute atomic E-state index is 0.00444. The van der Waals surface area contributed by atoms with Gasteiger partial charge < -0.3 is 32.3 Å². The summed E-state index contributed by atoms with van der Waals surface area (Å²) in [6.45, 7) is 33.4. The number of hydrogen-bond acceptors (Lipinski definition) is 13. The molecule has 1 radical (unpaired) electrons. The topological polar surface area (TPSA) is 133 Å². The molecule has 2 aliphatic rings. The van der Waals surface area contributed by atoms with Crippen molar-refractivity contribution in [1.82, 2.24) is 0 Å². The summed E-state index contributed by atoms with van der Waals surface area (Å²) in [4.78, 5) is 24.6. The van der Waals surface area contributed by atoms with Crippen LogP contribution in [0.2, 0.25) is 0 Å². The largest absolute Gasteiger partial charge is 0.534 e. The summed E-state index contributed by atoms with van der Waals surface area (Å²) < 4.78 is 99.4. The second kappa shape index (κ2) is 24.0. The lowest BCUT2D eigenvalue weighted by atomic mass is 9.77. The third kappa shape index (κ3) is 17.3. The lowest BCUT2D eigenvalue weighted by Gasteiger charge is -2.32. The monoisotopic (exact) mass is 1060 g/mol. The van der Waals surface area contributed by atoms with Gasteiger partial charge in [0, 0.05) is 16.4 Å². The van der Waals surface area contributed by atoms with Crippen molar-refractivity contribution in [2.45, 2.75) is 174 Å². The van der Waals surface area contributed by atoms with E-state index in [-0.39, 0.29) is 51.7 Å². The van der Waals surface area contributed by atoms with Crippen LogP contribution in [0, 0.1) is 10.8 Å². The lowest BCUT2D eigenvalue weighted by molar-refractivity contribution is -0.143. The van der Waals surface area contributed by atoms with Crippen LogP contribution in [0.5, 0.6) is 5.75 Å². The highest BCUT2D eigenvalue weighted by molar-refractivity contribution is 7.99. The van der Waals surface area contributed by atoms with Crippen LogP contribution in [0.25, 0.3) is 21.5 Å². The van der Waals surface area contributed by atoms with Gasteiger partial charge in [0.05, 0.1) is 53.4 Å². The molecule has 0 saturated carbocycles. The van der Waals surface area contributed by atoms with Crippen molar-refractivity contribution in [3.63, 3.8) is 0 Å². The fraction of sp³-hybridized carbons (Fsp3) is 0.585. The van der Waals surface area contributed by atoms with Crippen molar-refractivity contribution in [2.75, 3.05) is 24.7 Å². The maximum Gasteiger partial charge on any atom is 0.534 e. The van der Waals surface area contributed by atoms with Crippen LogP contribution >= 0.6 is 23.5 Å². The number of esters is 2. The van der Waals surface area contributed by atoms with Gasteiger partial charge in [-0.15, -0.1) is 23.5 Å². The molecular formula is C53H74B2F3O11S3. The van der Waals surface area contributed by atoms with Gasteiger partial charge in [-0.05, 0) is 149 Å². The summed E-state index contributed by atoms with van der Waals surface area (Å²) in [5.74, 6) is -0.197. The van der Waals surface area contributed by atoms with Gasteiger partial charge in [0.25, 0.3) is 0 Å². The number of benzene rings is 4. The van der Waals surface area contributed by atoms with Crippen LogP contribution in [0.15, 0.2) is 70.5 Å². The first-order valence-corrected chi connectivity index (χ1v) is 27.6. The highest BCUT2D eigenvalue weighted by Crippen LogP contribution is 2.40. The summed E-state index contributed by atoms with van der Waals surface area (Å²) in [5, 5.41) is 3.64. The van der Waals surface area contributed by atoms with Gasteiger partial charge in [0.1, 0.15) is 0 Å². The van der Waals surface area contributed by atoms with E-state index >= 15 is 0 Å². The Hall–Kier alpha value is -3.45. The molecule has 0 amide bonds. The van der Waals surface area contributed by atoms with Gasteiger partial charge in [-0.3, -0.25) is 9.59 Å². The van der Waals surface area contributed by atoms with Crippen molar-refractivity contribution in [2.24, 2.45) is 10.8 Å². The third-order valence-electron chi connectivity index (χ3n) is 12.3. The summed E-state index contributed by atoms with van der Waals surface area (Å²) in [6.07, 6.45) is 2.15. The molecule has 0 aliphatic carbocycles. The normalized spacial score (nSPS) is 17.1. The molecule has 0 bridgehead atoms. The van der Waals surface area contributed by atoms with Crippen LogP contribution in [-0.2, 0) is 60.6 Å². The maximum atomic E-state index is 12.9. The van der Waals surface area contributed by atoms with Crippen LogP contribution in [0.3, 0.4) is 0 Å². The minimum Gasteiger partial charge on any atom is -0.466 e. The van der Waals surface area contributed by atoms with E-state index in [0.717, 1.165) is 40.5 Å². The van der Waals surface area contributed by atoms with Gasteiger partial charge in [-0.25, -0.2) is 0 Å². The Labute approximate surface area is 436 Å². The van der Waals surface area contributed by atoms with Crippen LogP contribution in [-0.4, -0.2) is 87.8 Å². The molecule has 0 unspecified atom stereocenters. The summed E-state index contributed by atoms with van der Waals surface area (Å²) in [5.41, 5.74) is -3.21. The average molecular weight is 1060 g/mol. The Morgan fingerprint density at radius 3 is 1.42 bits per heavy atom. The van der Waals surface area contributed by atoms with E-state index in [4.69, 9.17) is 28.1 Å². The molecule has 0 atom stereocenters. The number of ether oxygens (including phenoxy) is 2. The number of fused-ring (bicyclic) bond motifs is 2. The number of rotatable bonds is 15. The van der Waals surface area contributed by atoms with E-state index in [1.807, 2.05) is 46.8 Å². The Bertz CT molecular complexity index is 2590. The summed E-state index contributed by atoms with van der Waals surface area (Å²) in [7, 11) is -4.86. The van der Waals surface area contributed by atoms with E-state index in [9.17, 15) is 31.2 Å². The molecule has 0 N–H and O–H groups in total. The first-order valence-electron chi connectivity index (χ1n) is 24.2. The Balaban J connectivity index is 0.000000266. The van der Waals surface area contributed by atoms with E-state index in [0.29, 0.717) is 29.6 Å². The van der Waals surface area contributed by atoms with Crippen molar-refractivity contribution < 1.29 is 63.5 Å². The number of halogens is 3. The Morgan fingerprint density at radius 1 is 0.611 bits per heavy atom. The predicted octanol–water partition coefficient (Wildman–Crippen LogP) is 12.6. The molecule has 2 aliphatic heterocycles. The number of thioether (sulfide) groups is 2. The number of carbonyl (C=O) groups excluding carboxylic acids is 2. The Morgan fingerprint density at radius 2 is 1.03 bits per heavy atom. The SMILES string of the molecule is CC1(C)O[B]OC1(C)C.CCOC(=O)CCSc1cc2ccc(CC(C)(C)C)cc2cc1B1OC(C)(C)C(C)(C)O1.CCOC(=O)CCSc1cc2ccc(CC(C)(C)C)cc2cc1OS(=O)(=O)C(F)(F)F. The van der Waals surface area contributed by atoms with Gasteiger partial charge >= 0.3 is 42.4 Å². The molecule has 4 aromatic rings. The zero-order chi connectivity index (χ0) is 54.3. The first kappa shape index (κ1) is 61.1. The molecule has 72 heavy (non-hydrogen) atoms. The standard InChI is InChI=1S/C26H37BO4S.C21H25F3O5S2.C6H12BO2/c1-9-29-23(28)12-13-32-22-16-19-11-10-18(17-24(2,3)4)14-20(19)15-21(22)27-30-25(5,6)26(7,8)31-27;1-5-28-19(25)8-9-30-18-12-15-7-6-14(13-20(2,3)4)10-16(15)11-17(18)29-31(26,27)21(22,23)24;1-5(2)6(3,4)9-7-8-5/h10-11,14-16H,9,12-13,17H2,1-8H3;6-7,10-12H,5,8-9,13H2,1-4H3;1-4H3. The molecule has 2 fully saturated rings. The summed E-state index contributed by atoms with van der Waals surface area (Å²) in [6, 6.07) is 19.5. The van der Waals surface area contributed by atoms with Gasteiger partial charge in [-0.2, -0.15) is 21.6 Å². The van der Waals surface area contributed by atoms with Crippen LogP contribution in [0.4, 0.5) is 13.2 Å². The molecule has 397 valence electrons. The van der Waals surface area contributed by atoms with E-state index in [2.05, 4.69) is 104 Å². The van der Waals surface area contributed by atoms with Crippen molar-refractivity contribution in [3.05, 3.63) is 71.8 Å². The molecule has 0 spiro atoms. The second-order valence-corrected chi connectivity index (χ2v) is 26.1. The number of carbonyl (C=O) groups is 2. The fourth-order valence-electron chi connectivity index (χ4n) is 7.22. The predicted molar refractivity (Wildman–Crippen MR) is 286 cm³/mol. The number of alkyl halides is 3. The fourth-order valence-corrected chi connectivity index (χ4v) is 9.70. The van der Waals surface area contributed by atoms with Crippen LogP contribution < -0.4 is 9.65 Å². The first-order chi connectivity index (χ1) is 33.0. The molecular weight excluding hydrogens is 987 g/mol. The quantitative estimate of drug-likeness (QED) is 0.0368. The zero-order valence-electron chi connectivity index (χ0n) is 44.9. The molecule has 2 heterocycles. The van der Waals surface area contributed by atoms with Crippen molar-refractivity contribution in [1.29, 1.82) is 0 Å². The Kier molecular flexibility index (Phi) is 20.4. The van der Waals surface area contributed by atoms with Crippen LogP contribution in [0.1, 0.15) is 135 Å². The highest BCUT2D eigenvalue weighted by atomic mass is 32.2. The molecule has 2 saturated heterocycles. The third-order valence-corrected chi connectivity index (χ3v) is 15.4. The minimum atomic E-state index is -5.84. The molecule has 0 aromatic heterocycles. The second-order valence-electron chi connectivity index (χ2n) is 22.3. The highest BCUT2D eigenvalue weighted by Gasteiger charge is 2.52. The van der Waals surface area contributed by atoms with Gasteiger partial charge in [0.15, 0.2) is 5.75 Å². The van der Waals surface area contributed by atoms with Gasteiger partial charge in [-0.1, -0.05) is 84.0 Å².